The maximum absolute atomic E-state index is 12.1. The van der Waals surface area contributed by atoms with Crippen LogP contribution < -0.4 is 10.6 Å². The summed E-state index contributed by atoms with van der Waals surface area (Å²) < 4.78 is 5.34. The van der Waals surface area contributed by atoms with Crippen LogP contribution in [0, 0.1) is 5.92 Å². The number of rotatable bonds is 8. The van der Waals surface area contributed by atoms with Crippen LogP contribution in [0.2, 0.25) is 0 Å². The zero-order chi connectivity index (χ0) is 16.5. The monoisotopic (exact) mass is 320 g/mol. The molecule has 6 heteroatoms. The molecular weight excluding hydrogens is 292 g/mol. The highest BCUT2D eigenvalue weighted by molar-refractivity contribution is 5.93. The van der Waals surface area contributed by atoms with Crippen molar-refractivity contribution in [3.63, 3.8) is 0 Å². The van der Waals surface area contributed by atoms with Crippen molar-refractivity contribution in [2.45, 2.75) is 20.3 Å². The number of pyridine rings is 1. The molecule has 1 amide bonds. The molecule has 0 saturated carbocycles. The van der Waals surface area contributed by atoms with E-state index in [9.17, 15) is 4.79 Å². The first kappa shape index (κ1) is 17.7. The molecule has 0 aliphatic carbocycles. The lowest BCUT2D eigenvalue weighted by Gasteiger charge is -2.26. The Labute approximate surface area is 138 Å². The highest BCUT2D eigenvalue weighted by Crippen LogP contribution is 2.08. The van der Waals surface area contributed by atoms with E-state index in [0.29, 0.717) is 18.2 Å². The van der Waals surface area contributed by atoms with Gasteiger partial charge in [0, 0.05) is 44.6 Å². The quantitative estimate of drug-likeness (QED) is 0.762. The van der Waals surface area contributed by atoms with Gasteiger partial charge in [-0.3, -0.25) is 14.7 Å². The molecule has 0 radical (unpaired) electrons. The fourth-order valence-corrected chi connectivity index (χ4v) is 2.41. The molecule has 128 valence electrons. The number of hydrogen-bond donors (Lipinski definition) is 2. The Balaban J connectivity index is 1.75. The summed E-state index contributed by atoms with van der Waals surface area (Å²) in [6.45, 7) is 10.4. The zero-order valence-electron chi connectivity index (χ0n) is 14.2. The van der Waals surface area contributed by atoms with Crippen LogP contribution in [0.5, 0.6) is 0 Å². The predicted molar refractivity (Wildman–Crippen MR) is 91.8 cm³/mol. The minimum absolute atomic E-state index is 0.109. The van der Waals surface area contributed by atoms with Gasteiger partial charge in [0.25, 0.3) is 5.91 Å². The van der Waals surface area contributed by atoms with E-state index < -0.39 is 0 Å². The van der Waals surface area contributed by atoms with Crippen LogP contribution in [0.3, 0.4) is 0 Å². The average molecular weight is 320 g/mol. The van der Waals surface area contributed by atoms with Gasteiger partial charge in [-0.2, -0.15) is 0 Å². The molecule has 1 saturated heterocycles. The highest BCUT2D eigenvalue weighted by Gasteiger charge is 2.10. The normalized spacial score (nSPS) is 15.6. The van der Waals surface area contributed by atoms with Gasteiger partial charge in [0.15, 0.2) is 0 Å². The number of ether oxygens (including phenoxy) is 1. The second-order valence-corrected chi connectivity index (χ2v) is 6.25. The first-order chi connectivity index (χ1) is 11.1. The van der Waals surface area contributed by atoms with E-state index >= 15 is 0 Å². The number of amides is 1. The van der Waals surface area contributed by atoms with Gasteiger partial charge < -0.3 is 15.4 Å². The molecule has 23 heavy (non-hydrogen) atoms. The van der Waals surface area contributed by atoms with Gasteiger partial charge in [0.1, 0.15) is 5.69 Å². The summed E-state index contributed by atoms with van der Waals surface area (Å²) in [7, 11) is 0. The number of anilines is 1. The summed E-state index contributed by atoms with van der Waals surface area (Å²) in [5, 5.41) is 6.27. The number of carbonyl (C=O) groups excluding carboxylic acids is 1. The Kier molecular flexibility index (Phi) is 7.29. The van der Waals surface area contributed by atoms with Crippen molar-refractivity contribution in [1.29, 1.82) is 0 Å². The Morgan fingerprint density at radius 1 is 1.35 bits per heavy atom. The number of nitrogens with zero attached hydrogens (tertiary/aromatic N) is 2. The first-order valence-electron chi connectivity index (χ1n) is 8.43. The summed E-state index contributed by atoms with van der Waals surface area (Å²) in [5.41, 5.74) is 1.40. The molecule has 2 rings (SSSR count). The summed E-state index contributed by atoms with van der Waals surface area (Å²) in [6.07, 6.45) is 2.65. The van der Waals surface area contributed by atoms with E-state index in [0.717, 1.165) is 51.5 Å². The van der Waals surface area contributed by atoms with Gasteiger partial charge in [-0.25, -0.2) is 0 Å². The molecule has 0 bridgehead atoms. The molecule has 1 aromatic heterocycles. The zero-order valence-corrected chi connectivity index (χ0v) is 14.2. The van der Waals surface area contributed by atoms with Crippen LogP contribution >= 0.6 is 0 Å². The topological polar surface area (TPSA) is 66.5 Å². The fraction of sp³-hybridized carbons (Fsp3) is 0.647. The van der Waals surface area contributed by atoms with E-state index in [4.69, 9.17) is 4.74 Å². The van der Waals surface area contributed by atoms with Crippen molar-refractivity contribution < 1.29 is 9.53 Å². The van der Waals surface area contributed by atoms with Crippen molar-refractivity contribution in [2.75, 3.05) is 51.3 Å². The third kappa shape index (κ3) is 6.54. The van der Waals surface area contributed by atoms with Crippen LogP contribution in [-0.2, 0) is 4.74 Å². The van der Waals surface area contributed by atoms with Crippen LogP contribution in [-0.4, -0.2) is 61.7 Å². The Hall–Kier alpha value is -1.66. The summed E-state index contributed by atoms with van der Waals surface area (Å²) >= 11 is 0. The van der Waals surface area contributed by atoms with Crippen LogP contribution in [0.15, 0.2) is 18.3 Å². The molecule has 0 unspecified atom stereocenters. The smallest absolute Gasteiger partial charge is 0.269 e. The number of nitrogens with one attached hydrogen (secondary N) is 2. The maximum atomic E-state index is 12.1. The minimum atomic E-state index is -0.109. The molecule has 1 aliphatic heterocycles. The summed E-state index contributed by atoms with van der Waals surface area (Å²) in [4.78, 5) is 18.6. The van der Waals surface area contributed by atoms with E-state index in [1.807, 2.05) is 12.1 Å². The number of aromatic nitrogens is 1. The average Bonchev–Trinajstić information content (AvgIpc) is 2.56. The molecule has 0 spiro atoms. The first-order valence-corrected chi connectivity index (χ1v) is 8.43. The Morgan fingerprint density at radius 2 is 2.13 bits per heavy atom. The minimum Gasteiger partial charge on any atom is -0.384 e. The van der Waals surface area contributed by atoms with Crippen molar-refractivity contribution in [2.24, 2.45) is 5.92 Å². The van der Waals surface area contributed by atoms with Gasteiger partial charge in [-0.15, -0.1) is 0 Å². The van der Waals surface area contributed by atoms with Crippen molar-refractivity contribution in [1.82, 2.24) is 15.2 Å². The Morgan fingerprint density at radius 3 is 2.87 bits per heavy atom. The third-order valence-electron chi connectivity index (χ3n) is 3.86. The van der Waals surface area contributed by atoms with E-state index in [1.54, 1.807) is 6.20 Å². The van der Waals surface area contributed by atoms with Crippen LogP contribution in [0.25, 0.3) is 0 Å². The van der Waals surface area contributed by atoms with Gasteiger partial charge in [0.05, 0.1) is 13.2 Å². The Bertz CT molecular complexity index is 487. The molecule has 1 fully saturated rings. The highest BCUT2D eigenvalue weighted by atomic mass is 16.5. The van der Waals surface area contributed by atoms with Crippen molar-refractivity contribution >= 4 is 11.6 Å². The standard InChI is InChI=1S/C17H28N4O2/c1-14(2)3-5-20-17(22)16-13-15(4-6-19-16)18-7-8-21-9-11-23-12-10-21/h4,6,13-14H,3,5,7-12H2,1-2H3,(H,18,19)(H,20,22). The number of carbonyl (C=O) groups is 1. The van der Waals surface area contributed by atoms with E-state index in [1.165, 1.54) is 0 Å². The van der Waals surface area contributed by atoms with Gasteiger partial charge >= 0.3 is 0 Å². The number of hydrogen-bond acceptors (Lipinski definition) is 5. The predicted octanol–water partition coefficient (Wildman–Crippen LogP) is 1.60. The van der Waals surface area contributed by atoms with Gasteiger partial charge in [0.2, 0.25) is 0 Å². The summed E-state index contributed by atoms with van der Waals surface area (Å²) in [5.74, 6) is 0.471. The van der Waals surface area contributed by atoms with E-state index in [2.05, 4.69) is 34.4 Å². The molecule has 6 nitrogen and oxygen atoms in total. The van der Waals surface area contributed by atoms with Crippen LogP contribution in [0.1, 0.15) is 30.8 Å². The van der Waals surface area contributed by atoms with Gasteiger partial charge in [-0.05, 0) is 24.5 Å². The molecule has 0 atom stereocenters. The molecule has 1 aliphatic rings. The third-order valence-corrected chi connectivity index (χ3v) is 3.86. The molecule has 2 heterocycles. The van der Waals surface area contributed by atoms with Crippen molar-refractivity contribution in [3.05, 3.63) is 24.0 Å². The second kappa shape index (κ2) is 9.47. The maximum Gasteiger partial charge on any atom is 0.269 e. The fourth-order valence-electron chi connectivity index (χ4n) is 2.41. The molecule has 0 aromatic carbocycles. The lowest BCUT2D eigenvalue weighted by molar-refractivity contribution is 0.0398. The number of morpholine rings is 1. The summed E-state index contributed by atoms with van der Waals surface area (Å²) in [6, 6.07) is 3.70. The largest absolute Gasteiger partial charge is 0.384 e. The molecule has 1 aromatic rings. The lowest BCUT2D eigenvalue weighted by atomic mass is 10.1. The SMILES string of the molecule is CC(C)CCNC(=O)c1cc(NCCN2CCOCC2)ccn1. The lowest BCUT2D eigenvalue weighted by Crippen LogP contribution is -2.39. The van der Waals surface area contributed by atoms with E-state index in [-0.39, 0.29) is 5.91 Å². The molecular formula is C17H28N4O2. The van der Waals surface area contributed by atoms with Gasteiger partial charge in [-0.1, -0.05) is 13.8 Å². The molecule has 2 N–H and O–H groups in total. The van der Waals surface area contributed by atoms with Crippen molar-refractivity contribution in [3.8, 4) is 0 Å². The second-order valence-electron chi connectivity index (χ2n) is 6.25. The van der Waals surface area contributed by atoms with Crippen LogP contribution in [0.4, 0.5) is 5.69 Å².